The molecule has 0 radical (unpaired) electrons. The Morgan fingerprint density at radius 3 is 2.62 bits per heavy atom. The number of rotatable bonds is 8. The number of nitro benzene ring substituents is 1. The number of nitrogens with zero attached hydrogens (tertiary/aromatic N) is 1. The van der Waals surface area contributed by atoms with Crippen LogP contribution in [-0.2, 0) is 9.53 Å². The van der Waals surface area contributed by atoms with Crippen LogP contribution >= 0.6 is 0 Å². The van der Waals surface area contributed by atoms with Gasteiger partial charge in [0, 0.05) is 24.9 Å². The van der Waals surface area contributed by atoms with Crippen molar-refractivity contribution in [1.29, 1.82) is 0 Å². The normalized spacial score (nSPS) is 12.0. The summed E-state index contributed by atoms with van der Waals surface area (Å²) in [6, 6.07) is 4.26. The minimum atomic E-state index is -1.09. The molecule has 1 aromatic rings. The third-order valence-corrected chi connectivity index (χ3v) is 2.57. The van der Waals surface area contributed by atoms with E-state index in [9.17, 15) is 14.9 Å². The standard InChI is InChI=1S/C13H18N2O6/c1-8(2)21-11-6-9(4-5-10(11)15(18)19)14-7-12(20-3)13(16)17/h4-6,8,12,14H,7H2,1-3H3,(H,16,17). The molecule has 116 valence electrons. The van der Waals surface area contributed by atoms with Crippen LogP contribution in [0.25, 0.3) is 0 Å². The van der Waals surface area contributed by atoms with Crippen LogP contribution in [-0.4, -0.2) is 41.9 Å². The van der Waals surface area contributed by atoms with Crippen molar-refractivity contribution in [2.24, 2.45) is 0 Å². The van der Waals surface area contributed by atoms with E-state index in [1.54, 1.807) is 13.8 Å². The van der Waals surface area contributed by atoms with Crippen LogP contribution < -0.4 is 10.1 Å². The van der Waals surface area contributed by atoms with Crippen molar-refractivity contribution in [3.05, 3.63) is 28.3 Å². The lowest BCUT2D eigenvalue weighted by atomic mass is 10.2. The first-order valence-corrected chi connectivity index (χ1v) is 6.29. The molecule has 0 heterocycles. The second-order valence-corrected chi connectivity index (χ2v) is 4.55. The maximum atomic E-state index is 10.9. The third kappa shape index (κ3) is 4.92. The fraction of sp³-hybridized carbons (Fsp3) is 0.462. The molecule has 8 heteroatoms. The molecule has 0 aromatic heterocycles. The van der Waals surface area contributed by atoms with Crippen LogP contribution in [0, 0.1) is 10.1 Å². The molecule has 8 nitrogen and oxygen atoms in total. The molecule has 0 spiro atoms. The molecular weight excluding hydrogens is 280 g/mol. The van der Waals surface area contributed by atoms with E-state index in [2.05, 4.69) is 5.32 Å². The topological polar surface area (TPSA) is 111 Å². The number of methoxy groups -OCH3 is 1. The van der Waals surface area contributed by atoms with E-state index in [1.807, 2.05) is 0 Å². The van der Waals surface area contributed by atoms with Gasteiger partial charge in [-0.2, -0.15) is 0 Å². The second kappa shape index (κ2) is 7.44. The fourth-order valence-electron chi connectivity index (χ4n) is 1.61. The summed E-state index contributed by atoms with van der Waals surface area (Å²) in [5.74, 6) is -0.963. The van der Waals surface area contributed by atoms with Gasteiger partial charge in [0.1, 0.15) is 0 Å². The lowest BCUT2D eigenvalue weighted by Gasteiger charge is -2.14. The molecule has 21 heavy (non-hydrogen) atoms. The Balaban J connectivity index is 2.89. The van der Waals surface area contributed by atoms with E-state index in [-0.39, 0.29) is 24.1 Å². The lowest BCUT2D eigenvalue weighted by Crippen LogP contribution is -2.30. The Kier molecular flexibility index (Phi) is 5.92. The summed E-state index contributed by atoms with van der Waals surface area (Å²) < 4.78 is 10.2. The largest absolute Gasteiger partial charge is 0.484 e. The van der Waals surface area contributed by atoms with Crippen LogP contribution in [0.1, 0.15) is 13.8 Å². The fourth-order valence-corrected chi connectivity index (χ4v) is 1.61. The molecule has 0 fully saturated rings. The van der Waals surface area contributed by atoms with Crippen molar-refractivity contribution >= 4 is 17.3 Å². The molecule has 1 atom stereocenters. The van der Waals surface area contributed by atoms with Crippen molar-refractivity contribution in [3.63, 3.8) is 0 Å². The third-order valence-electron chi connectivity index (χ3n) is 2.57. The van der Waals surface area contributed by atoms with Crippen LogP contribution in [0.4, 0.5) is 11.4 Å². The molecule has 0 aliphatic carbocycles. The highest BCUT2D eigenvalue weighted by atomic mass is 16.6. The zero-order valence-corrected chi connectivity index (χ0v) is 12.0. The molecule has 0 bridgehead atoms. The highest BCUT2D eigenvalue weighted by molar-refractivity contribution is 5.73. The van der Waals surface area contributed by atoms with E-state index in [4.69, 9.17) is 14.6 Å². The van der Waals surface area contributed by atoms with E-state index in [0.717, 1.165) is 0 Å². The Hall–Kier alpha value is -2.35. The number of nitrogens with one attached hydrogen (secondary N) is 1. The van der Waals surface area contributed by atoms with Crippen LogP contribution in [0.2, 0.25) is 0 Å². The van der Waals surface area contributed by atoms with E-state index < -0.39 is 17.0 Å². The highest BCUT2D eigenvalue weighted by Crippen LogP contribution is 2.30. The molecule has 1 aromatic carbocycles. The van der Waals surface area contributed by atoms with Crippen molar-refractivity contribution in [2.75, 3.05) is 19.0 Å². The number of hydrogen-bond acceptors (Lipinski definition) is 6. The van der Waals surface area contributed by atoms with Gasteiger partial charge in [-0.05, 0) is 19.9 Å². The molecule has 1 unspecified atom stereocenters. The maximum Gasteiger partial charge on any atom is 0.334 e. The first-order chi connectivity index (χ1) is 9.85. The summed E-state index contributed by atoms with van der Waals surface area (Å²) in [6.45, 7) is 3.55. The Bertz CT molecular complexity index is 517. The predicted molar refractivity (Wildman–Crippen MR) is 75.8 cm³/mol. The van der Waals surface area contributed by atoms with Gasteiger partial charge in [0.25, 0.3) is 0 Å². The number of ether oxygens (including phenoxy) is 2. The number of carboxylic acids is 1. The molecule has 0 aliphatic rings. The summed E-state index contributed by atoms with van der Waals surface area (Å²) >= 11 is 0. The smallest absolute Gasteiger partial charge is 0.334 e. The molecule has 0 aliphatic heterocycles. The van der Waals surface area contributed by atoms with E-state index in [1.165, 1.54) is 25.3 Å². The molecular formula is C13H18N2O6. The van der Waals surface area contributed by atoms with Gasteiger partial charge < -0.3 is 19.9 Å². The number of aliphatic carboxylic acids is 1. The van der Waals surface area contributed by atoms with Crippen molar-refractivity contribution < 1.29 is 24.3 Å². The summed E-state index contributed by atoms with van der Waals surface area (Å²) in [5, 5.41) is 22.6. The summed E-state index contributed by atoms with van der Waals surface area (Å²) in [6.07, 6.45) is -1.22. The SMILES string of the molecule is COC(CNc1ccc([N+](=O)[O-])c(OC(C)C)c1)C(=O)O. The number of carbonyl (C=O) groups is 1. The summed E-state index contributed by atoms with van der Waals surface area (Å²) in [4.78, 5) is 21.2. The zero-order valence-electron chi connectivity index (χ0n) is 12.0. The quantitative estimate of drug-likeness (QED) is 0.557. The zero-order chi connectivity index (χ0) is 16.0. The molecule has 0 amide bonds. The van der Waals surface area contributed by atoms with E-state index >= 15 is 0 Å². The first kappa shape index (κ1) is 16.7. The van der Waals surface area contributed by atoms with Crippen LogP contribution in [0.5, 0.6) is 5.75 Å². The number of anilines is 1. The monoisotopic (exact) mass is 298 g/mol. The molecule has 0 saturated heterocycles. The van der Waals surface area contributed by atoms with Crippen molar-refractivity contribution in [1.82, 2.24) is 0 Å². The van der Waals surface area contributed by atoms with Gasteiger partial charge in [-0.15, -0.1) is 0 Å². The number of benzene rings is 1. The summed E-state index contributed by atoms with van der Waals surface area (Å²) in [7, 11) is 1.30. The minimum Gasteiger partial charge on any atom is -0.484 e. The van der Waals surface area contributed by atoms with E-state index in [0.29, 0.717) is 5.69 Å². The van der Waals surface area contributed by atoms with Gasteiger partial charge >= 0.3 is 11.7 Å². The van der Waals surface area contributed by atoms with Gasteiger partial charge in [0.2, 0.25) is 0 Å². The van der Waals surface area contributed by atoms with Crippen molar-refractivity contribution in [2.45, 2.75) is 26.1 Å². The average Bonchev–Trinajstić information content (AvgIpc) is 2.38. The average molecular weight is 298 g/mol. The van der Waals surface area contributed by atoms with Crippen LogP contribution in [0.15, 0.2) is 18.2 Å². The Morgan fingerprint density at radius 2 is 2.14 bits per heavy atom. The Labute approximate surface area is 121 Å². The lowest BCUT2D eigenvalue weighted by molar-refractivity contribution is -0.386. The molecule has 1 rings (SSSR count). The number of nitro groups is 1. The van der Waals surface area contributed by atoms with Gasteiger partial charge in [0.05, 0.1) is 17.6 Å². The van der Waals surface area contributed by atoms with Gasteiger partial charge in [-0.3, -0.25) is 10.1 Å². The first-order valence-electron chi connectivity index (χ1n) is 6.29. The summed E-state index contributed by atoms with van der Waals surface area (Å²) in [5.41, 5.74) is 0.371. The molecule has 0 saturated carbocycles. The maximum absolute atomic E-state index is 10.9. The van der Waals surface area contributed by atoms with Crippen molar-refractivity contribution in [3.8, 4) is 5.75 Å². The number of carboxylic acid groups (broad SMARTS) is 1. The Morgan fingerprint density at radius 1 is 1.48 bits per heavy atom. The number of hydrogen-bond donors (Lipinski definition) is 2. The predicted octanol–water partition coefficient (Wildman–Crippen LogP) is 1.89. The highest BCUT2D eigenvalue weighted by Gasteiger charge is 2.19. The van der Waals surface area contributed by atoms with Gasteiger partial charge in [0.15, 0.2) is 11.9 Å². The van der Waals surface area contributed by atoms with Crippen LogP contribution in [0.3, 0.4) is 0 Å². The molecule has 2 N–H and O–H groups in total. The minimum absolute atomic E-state index is 0.0325. The van der Waals surface area contributed by atoms with Gasteiger partial charge in [-0.25, -0.2) is 4.79 Å². The second-order valence-electron chi connectivity index (χ2n) is 4.55. The van der Waals surface area contributed by atoms with Gasteiger partial charge in [-0.1, -0.05) is 0 Å².